The van der Waals surface area contributed by atoms with Crippen molar-refractivity contribution in [1.29, 1.82) is 0 Å². The first-order valence-corrected chi connectivity index (χ1v) is 11.9. The molecule has 0 fully saturated rings. The van der Waals surface area contributed by atoms with Gasteiger partial charge in [-0.2, -0.15) is 11.1 Å². The zero-order chi connectivity index (χ0) is 18.6. The molecule has 0 nitrogen and oxygen atoms in total. The molecule has 3 aromatic carbocycles. The molecule has 0 amide bonds. The fourth-order valence-corrected chi connectivity index (χ4v) is 7.54. The van der Waals surface area contributed by atoms with E-state index in [2.05, 4.69) is 77.1 Å². The molecule has 0 atom stereocenters. The molecule has 0 unspecified atom stereocenters. The summed E-state index contributed by atoms with van der Waals surface area (Å²) >= 11 is 7.07. The van der Waals surface area contributed by atoms with E-state index < -0.39 is 8.11 Å². The third-order valence-electron chi connectivity index (χ3n) is 5.46. The van der Waals surface area contributed by atoms with Crippen molar-refractivity contribution in [2.45, 2.75) is 40.7 Å². The predicted octanol–water partition coefficient (Wildman–Crippen LogP) is 6.10. The number of halogens is 1. The highest BCUT2D eigenvalue weighted by Crippen LogP contribution is 2.37. The van der Waals surface area contributed by atoms with Crippen molar-refractivity contribution in [2.24, 2.45) is 0 Å². The molecular formula is C24H24ClSi. The lowest BCUT2D eigenvalue weighted by atomic mass is 9.88. The molecule has 1 aliphatic rings. The van der Waals surface area contributed by atoms with Crippen LogP contribution in [0.1, 0.15) is 33.4 Å². The molecule has 26 heavy (non-hydrogen) atoms. The lowest BCUT2D eigenvalue weighted by Crippen LogP contribution is -2.35. The molecule has 1 aliphatic heterocycles. The monoisotopic (exact) mass is 375 g/mol. The molecule has 0 saturated carbocycles. The Balaban J connectivity index is 2.04. The topological polar surface area (TPSA) is 0 Å². The second-order valence-electron chi connectivity index (χ2n) is 7.70. The summed E-state index contributed by atoms with van der Waals surface area (Å²) in [5.74, 6) is 0. The van der Waals surface area contributed by atoms with Crippen molar-refractivity contribution in [1.82, 2.24) is 0 Å². The van der Waals surface area contributed by atoms with E-state index >= 15 is 0 Å². The van der Waals surface area contributed by atoms with Gasteiger partial charge in [0.15, 0.2) is 0 Å². The van der Waals surface area contributed by atoms with Crippen molar-refractivity contribution < 1.29 is 0 Å². The zero-order valence-corrected chi connectivity index (χ0v) is 17.9. The Kier molecular flexibility index (Phi) is 4.33. The Morgan fingerprint density at radius 3 is 1.85 bits per heavy atom. The summed E-state index contributed by atoms with van der Waals surface area (Å²) < 4.78 is 0. The first kappa shape index (κ1) is 17.6. The minimum absolute atomic E-state index is 0.998. The second-order valence-corrected chi connectivity index (χ2v) is 10.7. The van der Waals surface area contributed by atoms with Crippen LogP contribution in [-0.2, 0) is 6.04 Å². The average Bonchev–Trinajstić information content (AvgIpc) is 2.53. The van der Waals surface area contributed by atoms with Gasteiger partial charge in [-0.1, -0.05) is 53.6 Å². The fourth-order valence-electron chi connectivity index (χ4n) is 4.70. The number of aryl methyl sites for hydroxylation is 5. The summed E-state index contributed by atoms with van der Waals surface area (Å²) in [6.07, 6.45) is 0. The molecule has 131 valence electrons. The first-order chi connectivity index (χ1) is 12.4. The largest absolute Gasteiger partial charge is 0.205 e. The van der Waals surface area contributed by atoms with Gasteiger partial charge in [0.2, 0.25) is 8.11 Å². The van der Waals surface area contributed by atoms with Crippen LogP contribution in [0.5, 0.6) is 0 Å². The molecular weight excluding hydrogens is 352 g/mol. The maximum absolute atomic E-state index is 7.07. The summed E-state index contributed by atoms with van der Waals surface area (Å²) in [6, 6.07) is 16.9. The number of fused-ring (bicyclic) bond motifs is 3. The maximum atomic E-state index is 7.07. The smallest absolute Gasteiger partial charge is 0.162 e. The molecule has 0 N–H and O–H groups in total. The minimum Gasteiger partial charge on any atom is -0.162 e. The molecule has 4 rings (SSSR count). The normalized spacial score (nSPS) is 13.5. The molecule has 0 saturated heterocycles. The highest BCUT2D eigenvalue weighted by Gasteiger charge is 2.29. The van der Waals surface area contributed by atoms with Crippen molar-refractivity contribution in [3.8, 4) is 22.3 Å². The highest BCUT2D eigenvalue weighted by molar-refractivity contribution is 7.15. The van der Waals surface area contributed by atoms with Gasteiger partial charge in [0.25, 0.3) is 0 Å². The summed E-state index contributed by atoms with van der Waals surface area (Å²) in [7, 11) is -1.14. The number of benzene rings is 3. The van der Waals surface area contributed by atoms with E-state index in [0.29, 0.717) is 0 Å². The van der Waals surface area contributed by atoms with E-state index in [-0.39, 0.29) is 0 Å². The third-order valence-corrected chi connectivity index (χ3v) is 8.20. The lowest BCUT2D eigenvalue weighted by molar-refractivity contribution is 1.27. The van der Waals surface area contributed by atoms with Crippen molar-refractivity contribution in [2.75, 3.05) is 0 Å². The molecule has 0 aliphatic carbocycles. The second kappa shape index (κ2) is 6.40. The van der Waals surface area contributed by atoms with E-state index in [0.717, 1.165) is 6.04 Å². The van der Waals surface area contributed by atoms with Gasteiger partial charge in [0, 0.05) is 0 Å². The SMILES string of the molecule is Cc1cc(C)c(-c2cccc3c2[Si](Cl)Cc2cc(C)cc(C)c2-3)c(C)c1. The van der Waals surface area contributed by atoms with Crippen molar-refractivity contribution in [3.05, 3.63) is 75.8 Å². The van der Waals surface area contributed by atoms with Crippen LogP contribution in [0.2, 0.25) is 0 Å². The van der Waals surface area contributed by atoms with Crippen LogP contribution in [-0.4, -0.2) is 8.11 Å². The lowest BCUT2D eigenvalue weighted by Gasteiger charge is -2.28. The van der Waals surface area contributed by atoms with E-state index in [9.17, 15) is 0 Å². The molecule has 0 aromatic heterocycles. The Morgan fingerprint density at radius 1 is 0.731 bits per heavy atom. The van der Waals surface area contributed by atoms with Gasteiger partial charge < -0.3 is 0 Å². The molecule has 1 heterocycles. The third kappa shape index (κ3) is 2.74. The fraction of sp³-hybridized carbons (Fsp3) is 0.250. The Hall–Kier alpha value is -1.83. The summed E-state index contributed by atoms with van der Waals surface area (Å²) in [5.41, 5.74) is 13.6. The van der Waals surface area contributed by atoms with Gasteiger partial charge in [0.1, 0.15) is 0 Å². The zero-order valence-electron chi connectivity index (χ0n) is 16.1. The molecule has 2 heteroatoms. The number of rotatable bonds is 1. The van der Waals surface area contributed by atoms with Crippen molar-refractivity contribution in [3.63, 3.8) is 0 Å². The molecule has 3 aromatic rings. The van der Waals surface area contributed by atoms with Gasteiger partial charge in [0.05, 0.1) is 0 Å². The number of hydrogen-bond donors (Lipinski definition) is 0. The Bertz CT molecular complexity index is 1010. The quantitative estimate of drug-likeness (QED) is 0.356. The van der Waals surface area contributed by atoms with Crippen LogP contribution in [0.15, 0.2) is 42.5 Å². The predicted molar refractivity (Wildman–Crippen MR) is 116 cm³/mol. The Morgan fingerprint density at radius 2 is 1.23 bits per heavy atom. The summed E-state index contributed by atoms with van der Waals surface area (Å²) in [5, 5.41) is 1.40. The van der Waals surface area contributed by atoms with Crippen LogP contribution < -0.4 is 5.19 Å². The van der Waals surface area contributed by atoms with Gasteiger partial charge in [-0.25, -0.2) is 0 Å². The average molecular weight is 376 g/mol. The first-order valence-electron chi connectivity index (χ1n) is 9.20. The van der Waals surface area contributed by atoms with Crippen LogP contribution in [0.4, 0.5) is 0 Å². The van der Waals surface area contributed by atoms with E-state index in [1.165, 1.54) is 60.8 Å². The molecule has 1 radical (unpaired) electrons. The summed E-state index contributed by atoms with van der Waals surface area (Å²) in [4.78, 5) is 0. The van der Waals surface area contributed by atoms with E-state index in [4.69, 9.17) is 11.1 Å². The number of hydrogen-bond acceptors (Lipinski definition) is 0. The minimum atomic E-state index is -1.14. The Labute approximate surface area is 163 Å². The molecule has 0 bridgehead atoms. The van der Waals surface area contributed by atoms with Crippen LogP contribution in [0.25, 0.3) is 22.3 Å². The van der Waals surface area contributed by atoms with Gasteiger partial charge in [-0.05, 0) is 90.4 Å². The van der Waals surface area contributed by atoms with E-state index in [1.54, 1.807) is 0 Å². The van der Waals surface area contributed by atoms with Crippen molar-refractivity contribution >= 4 is 24.4 Å². The van der Waals surface area contributed by atoms with Crippen LogP contribution in [0.3, 0.4) is 0 Å². The summed E-state index contributed by atoms with van der Waals surface area (Å²) in [6.45, 7) is 11.0. The van der Waals surface area contributed by atoms with Gasteiger partial charge >= 0.3 is 0 Å². The van der Waals surface area contributed by atoms with Gasteiger partial charge in [-0.15, -0.1) is 0 Å². The standard InChI is InChI=1S/C24H24ClSi/c1-14-9-16(3)22(17(4)10-14)20-7-6-8-21-23-18(5)11-15(2)12-19(23)13-26(25)24(20)21/h6-12H,13H2,1-5H3. The van der Waals surface area contributed by atoms with Crippen LogP contribution >= 0.6 is 11.1 Å². The maximum Gasteiger partial charge on any atom is 0.205 e. The van der Waals surface area contributed by atoms with Crippen LogP contribution in [0, 0.1) is 34.6 Å². The van der Waals surface area contributed by atoms with E-state index in [1.807, 2.05) is 0 Å². The molecule has 0 spiro atoms. The van der Waals surface area contributed by atoms with Gasteiger partial charge in [-0.3, -0.25) is 0 Å². The highest BCUT2D eigenvalue weighted by atomic mass is 35.6.